The maximum Gasteiger partial charge on any atom is 0.139 e. The van der Waals surface area contributed by atoms with Gasteiger partial charge >= 0.3 is 0 Å². The van der Waals surface area contributed by atoms with E-state index in [1.165, 1.54) is 28.5 Å². The summed E-state index contributed by atoms with van der Waals surface area (Å²) in [6.07, 6.45) is 1.17. The standard InChI is InChI=1S/C18H24B2/c1-13(2)12-18(3,14-4-8-16(19)9-5-14)15-6-10-17(20)11-7-15/h4-11,13H,12,19-20H2,1-3H3. The maximum absolute atomic E-state index is 2.38. The van der Waals surface area contributed by atoms with Crippen molar-refractivity contribution in [2.75, 3.05) is 0 Å². The minimum atomic E-state index is 0.0928. The molecule has 0 radical (unpaired) electrons. The molecule has 0 heterocycles. The molecule has 0 amide bonds. The van der Waals surface area contributed by atoms with Crippen molar-refractivity contribution in [2.24, 2.45) is 5.92 Å². The van der Waals surface area contributed by atoms with Crippen LogP contribution in [0.15, 0.2) is 48.5 Å². The van der Waals surface area contributed by atoms with Crippen LogP contribution in [-0.4, -0.2) is 15.7 Å². The number of hydrogen-bond acceptors (Lipinski definition) is 0. The molecule has 0 bridgehead atoms. The van der Waals surface area contributed by atoms with Crippen LogP contribution in [0.4, 0.5) is 0 Å². The molecule has 0 aliphatic heterocycles. The normalized spacial score (nSPS) is 11.8. The van der Waals surface area contributed by atoms with Gasteiger partial charge in [0.1, 0.15) is 15.7 Å². The van der Waals surface area contributed by atoms with Gasteiger partial charge in [-0.05, 0) is 23.5 Å². The highest BCUT2D eigenvalue weighted by molar-refractivity contribution is 6.32. The molecule has 0 aliphatic rings. The monoisotopic (exact) mass is 262 g/mol. The molecular formula is C18H24B2. The summed E-state index contributed by atoms with van der Waals surface area (Å²) in [6, 6.07) is 18.1. The van der Waals surface area contributed by atoms with E-state index in [1.807, 2.05) is 0 Å². The fourth-order valence-corrected chi connectivity index (χ4v) is 3.06. The molecule has 0 saturated carbocycles. The maximum atomic E-state index is 2.38. The van der Waals surface area contributed by atoms with E-state index in [0.717, 1.165) is 0 Å². The van der Waals surface area contributed by atoms with Gasteiger partial charge in [0.05, 0.1) is 0 Å². The Morgan fingerprint density at radius 1 is 0.800 bits per heavy atom. The fourth-order valence-electron chi connectivity index (χ4n) is 3.06. The lowest BCUT2D eigenvalue weighted by molar-refractivity contribution is 0.428. The summed E-state index contributed by atoms with van der Waals surface area (Å²) in [4.78, 5) is 0. The van der Waals surface area contributed by atoms with Gasteiger partial charge in [-0.25, -0.2) is 0 Å². The SMILES string of the molecule is Bc1ccc(C(C)(CC(C)C)c2ccc(B)cc2)cc1. The van der Waals surface area contributed by atoms with Crippen molar-refractivity contribution < 1.29 is 0 Å². The second-order valence-corrected chi connectivity index (χ2v) is 6.66. The van der Waals surface area contributed by atoms with Crippen molar-refractivity contribution in [3.05, 3.63) is 59.7 Å². The van der Waals surface area contributed by atoms with Gasteiger partial charge in [0.2, 0.25) is 0 Å². The summed E-state index contributed by atoms with van der Waals surface area (Å²) in [5, 5.41) is 0. The first kappa shape index (κ1) is 15.0. The van der Waals surface area contributed by atoms with Crippen LogP contribution in [0.5, 0.6) is 0 Å². The Morgan fingerprint density at radius 2 is 1.15 bits per heavy atom. The van der Waals surface area contributed by atoms with Crippen LogP contribution in [0.25, 0.3) is 0 Å². The van der Waals surface area contributed by atoms with E-state index in [1.54, 1.807) is 0 Å². The van der Waals surface area contributed by atoms with E-state index in [0.29, 0.717) is 5.92 Å². The lowest BCUT2D eigenvalue weighted by Crippen LogP contribution is -2.27. The molecule has 0 N–H and O–H groups in total. The molecule has 0 saturated heterocycles. The van der Waals surface area contributed by atoms with Gasteiger partial charge in [0, 0.05) is 5.41 Å². The van der Waals surface area contributed by atoms with E-state index >= 15 is 0 Å². The summed E-state index contributed by atoms with van der Waals surface area (Å²) in [7, 11) is 4.30. The second-order valence-electron chi connectivity index (χ2n) is 6.66. The third-order valence-electron chi connectivity index (χ3n) is 4.19. The summed E-state index contributed by atoms with van der Waals surface area (Å²) in [6.45, 7) is 6.99. The fraction of sp³-hybridized carbons (Fsp3) is 0.333. The van der Waals surface area contributed by atoms with Gasteiger partial charge in [-0.2, -0.15) is 0 Å². The Balaban J connectivity index is 2.49. The van der Waals surface area contributed by atoms with Gasteiger partial charge in [-0.15, -0.1) is 0 Å². The zero-order valence-electron chi connectivity index (χ0n) is 13.4. The van der Waals surface area contributed by atoms with E-state index in [-0.39, 0.29) is 5.41 Å². The van der Waals surface area contributed by atoms with E-state index in [4.69, 9.17) is 0 Å². The molecule has 2 rings (SSSR count). The minimum Gasteiger partial charge on any atom is -0.0889 e. The zero-order chi connectivity index (χ0) is 14.8. The predicted octanol–water partition coefficient (Wildman–Crippen LogP) is 1.56. The number of benzene rings is 2. The van der Waals surface area contributed by atoms with Crippen LogP contribution in [0.2, 0.25) is 0 Å². The molecule has 0 spiro atoms. The zero-order valence-corrected chi connectivity index (χ0v) is 13.4. The van der Waals surface area contributed by atoms with Crippen LogP contribution >= 0.6 is 0 Å². The molecule has 2 aromatic carbocycles. The van der Waals surface area contributed by atoms with Crippen molar-refractivity contribution in [1.82, 2.24) is 0 Å². The third kappa shape index (κ3) is 3.17. The Labute approximate surface area is 125 Å². The van der Waals surface area contributed by atoms with Crippen molar-refractivity contribution in [3.63, 3.8) is 0 Å². The topological polar surface area (TPSA) is 0 Å². The van der Waals surface area contributed by atoms with Gasteiger partial charge < -0.3 is 0 Å². The Bertz CT molecular complexity index is 507. The first-order valence-corrected chi connectivity index (χ1v) is 7.56. The molecule has 20 heavy (non-hydrogen) atoms. The first-order valence-electron chi connectivity index (χ1n) is 7.56. The molecular weight excluding hydrogens is 238 g/mol. The molecule has 102 valence electrons. The number of hydrogen-bond donors (Lipinski definition) is 0. The predicted molar refractivity (Wildman–Crippen MR) is 95.1 cm³/mol. The van der Waals surface area contributed by atoms with Crippen LogP contribution in [0.1, 0.15) is 38.3 Å². The lowest BCUT2D eigenvalue weighted by Gasteiger charge is -2.33. The molecule has 0 fully saturated rings. The Kier molecular flexibility index (Phi) is 4.42. The lowest BCUT2D eigenvalue weighted by atomic mass is 9.70. The highest BCUT2D eigenvalue weighted by atomic mass is 14.3. The Hall–Kier alpha value is -1.43. The molecule has 0 nitrogen and oxygen atoms in total. The molecule has 0 atom stereocenters. The molecule has 2 aromatic rings. The highest BCUT2D eigenvalue weighted by Gasteiger charge is 2.29. The van der Waals surface area contributed by atoms with Crippen molar-refractivity contribution in [1.29, 1.82) is 0 Å². The summed E-state index contributed by atoms with van der Waals surface area (Å²) >= 11 is 0. The van der Waals surface area contributed by atoms with Gasteiger partial charge in [0.25, 0.3) is 0 Å². The average molecular weight is 262 g/mol. The highest BCUT2D eigenvalue weighted by Crippen LogP contribution is 2.37. The van der Waals surface area contributed by atoms with Gasteiger partial charge in [-0.1, -0.05) is 80.2 Å². The van der Waals surface area contributed by atoms with Crippen molar-refractivity contribution >= 4 is 26.6 Å². The van der Waals surface area contributed by atoms with E-state index in [2.05, 4.69) is 85.0 Å². The summed E-state index contributed by atoms with van der Waals surface area (Å²) in [5.74, 6) is 0.669. The van der Waals surface area contributed by atoms with Crippen molar-refractivity contribution in [2.45, 2.75) is 32.6 Å². The Morgan fingerprint density at radius 3 is 1.45 bits per heavy atom. The van der Waals surface area contributed by atoms with E-state index < -0.39 is 0 Å². The molecule has 0 aromatic heterocycles. The third-order valence-corrected chi connectivity index (χ3v) is 4.19. The quantitative estimate of drug-likeness (QED) is 0.733. The average Bonchev–Trinajstić information content (AvgIpc) is 2.39. The first-order chi connectivity index (χ1) is 9.41. The number of rotatable bonds is 4. The van der Waals surface area contributed by atoms with Gasteiger partial charge in [0.15, 0.2) is 0 Å². The van der Waals surface area contributed by atoms with Crippen LogP contribution in [0, 0.1) is 5.92 Å². The smallest absolute Gasteiger partial charge is 0.0889 e. The largest absolute Gasteiger partial charge is 0.139 e. The molecule has 2 heteroatoms. The molecule has 0 aliphatic carbocycles. The minimum absolute atomic E-state index is 0.0928. The summed E-state index contributed by atoms with van der Waals surface area (Å²) in [5.41, 5.74) is 5.57. The van der Waals surface area contributed by atoms with Gasteiger partial charge in [-0.3, -0.25) is 0 Å². The van der Waals surface area contributed by atoms with E-state index in [9.17, 15) is 0 Å². The summed E-state index contributed by atoms with van der Waals surface area (Å²) < 4.78 is 0. The van der Waals surface area contributed by atoms with Crippen molar-refractivity contribution in [3.8, 4) is 0 Å². The van der Waals surface area contributed by atoms with Crippen LogP contribution < -0.4 is 10.9 Å². The molecule has 0 unspecified atom stereocenters. The van der Waals surface area contributed by atoms with Crippen LogP contribution in [-0.2, 0) is 5.41 Å². The van der Waals surface area contributed by atoms with Crippen LogP contribution in [0.3, 0.4) is 0 Å². The second kappa shape index (κ2) is 5.91.